The summed E-state index contributed by atoms with van der Waals surface area (Å²) in [5, 5.41) is 2.58. The predicted octanol–water partition coefficient (Wildman–Crippen LogP) is -0.263. The Morgan fingerprint density at radius 2 is 2.35 bits per heavy atom. The fourth-order valence-corrected chi connectivity index (χ4v) is 1.59. The van der Waals surface area contributed by atoms with Crippen LogP contribution in [0.5, 0.6) is 0 Å². The second kappa shape index (κ2) is 4.42. The van der Waals surface area contributed by atoms with Crippen LogP contribution in [0.2, 0.25) is 0 Å². The fraction of sp³-hybridized carbons (Fsp3) is 0.273. The van der Waals surface area contributed by atoms with Crippen LogP contribution in [0.4, 0.5) is 5.69 Å². The van der Waals surface area contributed by atoms with Gasteiger partial charge in [-0.3, -0.25) is 14.4 Å². The molecule has 1 heterocycles. The molecule has 90 valence electrons. The molecule has 2 amide bonds. The van der Waals surface area contributed by atoms with Gasteiger partial charge in [0.2, 0.25) is 0 Å². The van der Waals surface area contributed by atoms with Gasteiger partial charge in [-0.1, -0.05) is 6.07 Å². The zero-order chi connectivity index (χ0) is 12.4. The average Bonchev–Trinajstić information content (AvgIpc) is 2.68. The molecule has 1 aromatic rings. The van der Waals surface area contributed by atoms with Gasteiger partial charge in [-0.15, -0.1) is 0 Å². The summed E-state index contributed by atoms with van der Waals surface area (Å²) in [6.07, 6.45) is 0. The Morgan fingerprint density at radius 3 is 3.00 bits per heavy atom. The SMILES string of the molecule is Cc1c(N)cccc1C(=O)N[C@@H]1CONC1=O. The Bertz CT molecular complexity index is 473. The molecule has 2 rings (SSSR count). The summed E-state index contributed by atoms with van der Waals surface area (Å²) < 4.78 is 0. The average molecular weight is 235 g/mol. The maximum Gasteiger partial charge on any atom is 0.268 e. The summed E-state index contributed by atoms with van der Waals surface area (Å²) in [7, 11) is 0. The van der Waals surface area contributed by atoms with Crippen LogP contribution < -0.4 is 16.5 Å². The van der Waals surface area contributed by atoms with Crippen molar-refractivity contribution in [1.82, 2.24) is 10.8 Å². The van der Waals surface area contributed by atoms with E-state index in [1.54, 1.807) is 25.1 Å². The third-order valence-corrected chi connectivity index (χ3v) is 2.66. The highest BCUT2D eigenvalue weighted by atomic mass is 16.7. The van der Waals surface area contributed by atoms with Crippen LogP contribution in [0, 0.1) is 6.92 Å². The van der Waals surface area contributed by atoms with E-state index in [0.717, 1.165) is 0 Å². The van der Waals surface area contributed by atoms with E-state index < -0.39 is 6.04 Å². The number of anilines is 1. The molecule has 0 aromatic heterocycles. The molecule has 1 aromatic carbocycles. The summed E-state index contributed by atoms with van der Waals surface area (Å²) in [6, 6.07) is 4.43. The van der Waals surface area contributed by atoms with Gasteiger partial charge in [-0.25, -0.2) is 5.48 Å². The van der Waals surface area contributed by atoms with Crippen molar-refractivity contribution in [2.24, 2.45) is 0 Å². The van der Waals surface area contributed by atoms with E-state index in [9.17, 15) is 9.59 Å². The number of rotatable bonds is 2. The van der Waals surface area contributed by atoms with Crippen molar-refractivity contribution >= 4 is 17.5 Å². The van der Waals surface area contributed by atoms with Crippen molar-refractivity contribution in [3.05, 3.63) is 29.3 Å². The Balaban J connectivity index is 2.14. The molecular formula is C11H13N3O3. The van der Waals surface area contributed by atoms with Crippen LogP contribution in [0.3, 0.4) is 0 Å². The lowest BCUT2D eigenvalue weighted by atomic mass is 10.1. The second-order valence-corrected chi connectivity index (χ2v) is 3.82. The first-order chi connectivity index (χ1) is 8.09. The maximum absolute atomic E-state index is 11.9. The number of nitrogen functional groups attached to an aromatic ring is 1. The highest BCUT2D eigenvalue weighted by Gasteiger charge is 2.27. The third-order valence-electron chi connectivity index (χ3n) is 2.66. The van der Waals surface area contributed by atoms with Crippen molar-refractivity contribution in [2.75, 3.05) is 12.3 Å². The first-order valence-corrected chi connectivity index (χ1v) is 5.17. The van der Waals surface area contributed by atoms with Gasteiger partial charge >= 0.3 is 0 Å². The van der Waals surface area contributed by atoms with Gasteiger partial charge in [-0.2, -0.15) is 0 Å². The van der Waals surface area contributed by atoms with Crippen LogP contribution >= 0.6 is 0 Å². The zero-order valence-electron chi connectivity index (χ0n) is 9.32. The van der Waals surface area contributed by atoms with E-state index in [1.807, 2.05) is 0 Å². The molecular weight excluding hydrogens is 222 g/mol. The van der Waals surface area contributed by atoms with Crippen molar-refractivity contribution in [3.8, 4) is 0 Å². The molecule has 6 nitrogen and oxygen atoms in total. The van der Waals surface area contributed by atoms with Gasteiger partial charge in [0.1, 0.15) is 12.6 Å². The third kappa shape index (κ3) is 2.21. The minimum absolute atomic E-state index is 0.131. The molecule has 1 fully saturated rings. The Kier molecular flexibility index (Phi) is 2.97. The lowest BCUT2D eigenvalue weighted by Gasteiger charge is -2.11. The molecule has 0 unspecified atom stereocenters. The second-order valence-electron chi connectivity index (χ2n) is 3.82. The summed E-state index contributed by atoms with van der Waals surface area (Å²) in [6.45, 7) is 1.89. The number of benzene rings is 1. The summed E-state index contributed by atoms with van der Waals surface area (Å²) in [4.78, 5) is 27.9. The minimum Gasteiger partial charge on any atom is -0.398 e. The Hall–Kier alpha value is -2.08. The Morgan fingerprint density at radius 1 is 1.59 bits per heavy atom. The van der Waals surface area contributed by atoms with Crippen molar-refractivity contribution in [3.63, 3.8) is 0 Å². The standard InChI is InChI=1S/C11H13N3O3/c1-6-7(3-2-4-8(6)12)10(15)13-9-5-17-14-11(9)16/h2-4,9H,5,12H2,1H3,(H,13,15)(H,14,16)/t9-/m1/s1. The fourth-order valence-electron chi connectivity index (χ4n) is 1.59. The van der Waals surface area contributed by atoms with Gasteiger partial charge in [0, 0.05) is 11.3 Å². The van der Waals surface area contributed by atoms with E-state index >= 15 is 0 Å². The molecule has 0 saturated carbocycles. The summed E-state index contributed by atoms with van der Waals surface area (Å²) in [5.41, 5.74) is 9.59. The first-order valence-electron chi connectivity index (χ1n) is 5.17. The van der Waals surface area contributed by atoms with Gasteiger partial charge in [-0.05, 0) is 24.6 Å². The molecule has 1 atom stereocenters. The highest BCUT2D eigenvalue weighted by molar-refractivity contribution is 5.99. The minimum atomic E-state index is -0.650. The molecule has 0 radical (unpaired) electrons. The number of hydroxylamine groups is 1. The number of hydrogen-bond donors (Lipinski definition) is 3. The molecule has 4 N–H and O–H groups in total. The molecule has 1 aliphatic rings. The van der Waals surface area contributed by atoms with E-state index in [1.165, 1.54) is 0 Å². The first kappa shape index (κ1) is 11.4. The van der Waals surface area contributed by atoms with Crippen LogP contribution in [-0.4, -0.2) is 24.5 Å². The maximum atomic E-state index is 11.9. The highest BCUT2D eigenvalue weighted by Crippen LogP contribution is 2.15. The molecule has 6 heteroatoms. The number of amides is 2. The molecule has 17 heavy (non-hydrogen) atoms. The predicted molar refractivity (Wildman–Crippen MR) is 60.9 cm³/mol. The lowest BCUT2D eigenvalue weighted by molar-refractivity contribution is -0.125. The molecule has 0 aliphatic carbocycles. The van der Waals surface area contributed by atoms with Crippen molar-refractivity contribution in [2.45, 2.75) is 13.0 Å². The molecule has 1 aliphatic heterocycles. The largest absolute Gasteiger partial charge is 0.398 e. The number of carbonyl (C=O) groups is 2. The number of hydrogen-bond acceptors (Lipinski definition) is 4. The summed E-state index contributed by atoms with van der Waals surface area (Å²) in [5.74, 6) is -0.680. The van der Waals surface area contributed by atoms with Crippen LogP contribution in [0.25, 0.3) is 0 Å². The number of nitrogens with one attached hydrogen (secondary N) is 2. The van der Waals surface area contributed by atoms with Crippen LogP contribution in [-0.2, 0) is 9.63 Å². The Labute approximate surface area is 98.1 Å². The van der Waals surface area contributed by atoms with E-state index in [-0.39, 0.29) is 18.4 Å². The van der Waals surface area contributed by atoms with Gasteiger partial charge in [0.05, 0.1) is 0 Å². The van der Waals surface area contributed by atoms with Gasteiger partial charge in [0.15, 0.2) is 0 Å². The van der Waals surface area contributed by atoms with Gasteiger partial charge in [0.25, 0.3) is 11.8 Å². The van der Waals surface area contributed by atoms with E-state index in [0.29, 0.717) is 16.8 Å². The zero-order valence-corrected chi connectivity index (χ0v) is 9.32. The van der Waals surface area contributed by atoms with E-state index in [2.05, 4.69) is 10.8 Å². The molecule has 0 bridgehead atoms. The van der Waals surface area contributed by atoms with Crippen molar-refractivity contribution in [1.29, 1.82) is 0 Å². The van der Waals surface area contributed by atoms with Crippen LogP contribution in [0.15, 0.2) is 18.2 Å². The topological polar surface area (TPSA) is 93.5 Å². The molecule has 0 spiro atoms. The lowest BCUT2D eigenvalue weighted by Crippen LogP contribution is -2.41. The van der Waals surface area contributed by atoms with Crippen LogP contribution in [0.1, 0.15) is 15.9 Å². The van der Waals surface area contributed by atoms with Crippen molar-refractivity contribution < 1.29 is 14.4 Å². The van der Waals surface area contributed by atoms with E-state index in [4.69, 9.17) is 10.6 Å². The normalized spacial score (nSPS) is 18.9. The number of nitrogens with two attached hydrogens (primary N) is 1. The monoisotopic (exact) mass is 235 g/mol. The quantitative estimate of drug-likeness (QED) is 0.615. The smallest absolute Gasteiger partial charge is 0.268 e. The summed E-state index contributed by atoms with van der Waals surface area (Å²) >= 11 is 0. The molecule has 1 saturated heterocycles. The van der Waals surface area contributed by atoms with Gasteiger partial charge < -0.3 is 11.1 Å². The number of carbonyl (C=O) groups excluding carboxylic acids is 2.